The maximum absolute atomic E-state index is 12.4. The highest BCUT2D eigenvalue weighted by atomic mass is 19.1. The first kappa shape index (κ1) is 8.46. The normalized spacial score (nSPS) is 11.4. The molecule has 0 radical (unpaired) electrons. The minimum Gasteiger partial charge on any atom is -0.405 e. The van der Waals surface area contributed by atoms with Crippen LogP contribution in [0, 0.1) is 5.82 Å². The van der Waals surface area contributed by atoms with E-state index in [4.69, 9.17) is 5.73 Å². The van der Waals surface area contributed by atoms with Crippen LogP contribution in [0.25, 0.3) is 0 Å². The predicted octanol–water partition coefficient (Wildman–Crippen LogP) is 2.00. The van der Waals surface area contributed by atoms with E-state index in [0.717, 1.165) is 0 Å². The van der Waals surface area contributed by atoms with E-state index in [1.165, 1.54) is 18.3 Å². The van der Waals surface area contributed by atoms with Gasteiger partial charge in [-0.3, -0.25) is 4.99 Å². The second-order valence-corrected chi connectivity index (χ2v) is 2.14. The molecule has 0 aliphatic heterocycles. The maximum Gasteiger partial charge on any atom is 0.123 e. The topological polar surface area (TPSA) is 38.4 Å². The molecule has 0 unspecified atom stereocenters. The van der Waals surface area contributed by atoms with Crippen LogP contribution < -0.4 is 5.73 Å². The fourth-order valence-corrected chi connectivity index (χ4v) is 0.706. The Hall–Kier alpha value is -1.64. The summed E-state index contributed by atoms with van der Waals surface area (Å²) in [5.41, 5.74) is 5.79. The molecular weight excluding hydrogens is 155 g/mol. The van der Waals surface area contributed by atoms with Crippen molar-refractivity contribution in [1.29, 1.82) is 0 Å². The van der Waals surface area contributed by atoms with Crippen LogP contribution in [0.3, 0.4) is 0 Å². The molecule has 0 aromatic heterocycles. The summed E-state index contributed by atoms with van der Waals surface area (Å²) in [7, 11) is 0. The third-order valence-electron chi connectivity index (χ3n) is 1.25. The second-order valence-electron chi connectivity index (χ2n) is 2.14. The fraction of sp³-hybridized carbons (Fsp3) is 0. The lowest BCUT2D eigenvalue weighted by atomic mass is 10.3. The van der Waals surface area contributed by atoms with Crippen molar-refractivity contribution in [2.24, 2.45) is 10.7 Å². The van der Waals surface area contributed by atoms with E-state index < -0.39 is 0 Å². The monoisotopic (exact) mass is 164 g/mol. The Kier molecular flexibility index (Phi) is 3.02. The van der Waals surface area contributed by atoms with Crippen LogP contribution in [0.1, 0.15) is 0 Å². The molecule has 0 fully saturated rings. The third-order valence-corrected chi connectivity index (χ3v) is 1.25. The minimum absolute atomic E-state index is 0.261. The largest absolute Gasteiger partial charge is 0.405 e. The van der Waals surface area contributed by atoms with Crippen molar-refractivity contribution >= 4 is 11.9 Å². The van der Waals surface area contributed by atoms with E-state index in [9.17, 15) is 4.39 Å². The van der Waals surface area contributed by atoms with Crippen molar-refractivity contribution in [2.45, 2.75) is 0 Å². The molecule has 0 aliphatic rings. The highest BCUT2D eigenvalue weighted by Crippen LogP contribution is 2.10. The molecule has 12 heavy (non-hydrogen) atoms. The van der Waals surface area contributed by atoms with E-state index in [1.807, 2.05) is 0 Å². The summed E-state index contributed by atoms with van der Waals surface area (Å²) in [5, 5.41) is 0. The van der Waals surface area contributed by atoms with Gasteiger partial charge in [-0.2, -0.15) is 0 Å². The van der Waals surface area contributed by atoms with Gasteiger partial charge in [0.1, 0.15) is 5.82 Å². The van der Waals surface area contributed by atoms with Crippen LogP contribution >= 0.6 is 0 Å². The van der Waals surface area contributed by atoms with Crippen molar-refractivity contribution in [3.63, 3.8) is 0 Å². The number of hydrogen-bond donors (Lipinski definition) is 1. The van der Waals surface area contributed by atoms with Gasteiger partial charge < -0.3 is 5.73 Å². The van der Waals surface area contributed by atoms with Gasteiger partial charge >= 0.3 is 0 Å². The molecule has 0 heterocycles. The average Bonchev–Trinajstić information content (AvgIpc) is 2.09. The van der Waals surface area contributed by atoms with E-state index in [0.29, 0.717) is 5.69 Å². The lowest BCUT2D eigenvalue weighted by Gasteiger charge is -1.90. The van der Waals surface area contributed by atoms with Crippen molar-refractivity contribution in [1.82, 2.24) is 0 Å². The summed E-state index contributed by atoms with van der Waals surface area (Å²) in [5.74, 6) is -0.261. The molecule has 0 bridgehead atoms. The van der Waals surface area contributed by atoms with Crippen LogP contribution in [0.5, 0.6) is 0 Å². The molecule has 1 rings (SSSR count). The summed E-state index contributed by atoms with van der Waals surface area (Å²) in [6, 6.07) is 5.91. The molecule has 0 amide bonds. The summed E-state index contributed by atoms with van der Waals surface area (Å²) in [4.78, 5) is 3.98. The highest BCUT2D eigenvalue weighted by molar-refractivity contribution is 5.74. The van der Waals surface area contributed by atoms with Crippen LogP contribution in [0.2, 0.25) is 0 Å². The van der Waals surface area contributed by atoms with Gasteiger partial charge in [-0.05, 0) is 36.5 Å². The number of allylic oxidation sites excluding steroid dienone is 1. The highest BCUT2D eigenvalue weighted by Gasteiger charge is 1.87. The summed E-state index contributed by atoms with van der Waals surface area (Å²) in [6.45, 7) is 0. The molecular formula is C9H9FN2. The summed E-state index contributed by atoms with van der Waals surface area (Å²) >= 11 is 0. The number of rotatable bonds is 2. The van der Waals surface area contributed by atoms with Gasteiger partial charge in [-0.1, -0.05) is 0 Å². The summed E-state index contributed by atoms with van der Waals surface area (Å²) in [6.07, 6.45) is 4.53. The first-order valence-corrected chi connectivity index (χ1v) is 3.49. The van der Waals surface area contributed by atoms with Crippen LogP contribution in [0.15, 0.2) is 41.5 Å². The quantitative estimate of drug-likeness (QED) is 0.667. The van der Waals surface area contributed by atoms with Crippen molar-refractivity contribution in [2.75, 3.05) is 0 Å². The van der Waals surface area contributed by atoms with Gasteiger partial charge in [0.25, 0.3) is 0 Å². The standard InChI is InChI=1S/C9H9FN2/c10-8-2-4-9(5-3-8)12-7-1-6-11/h1-7H,11H2. The van der Waals surface area contributed by atoms with Gasteiger partial charge in [-0.25, -0.2) is 4.39 Å². The van der Waals surface area contributed by atoms with Gasteiger partial charge in [0, 0.05) is 6.21 Å². The third kappa shape index (κ3) is 2.54. The number of nitrogens with zero attached hydrogens (tertiary/aromatic N) is 1. The Morgan fingerprint density at radius 2 is 1.92 bits per heavy atom. The number of aliphatic imine (C=N–C) groups is 1. The van der Waals surface area contributed by atoms with Crippen LogP contribution in [-0.4, -0.2) is 6.21 Å². The van der Waals surface area contributed by atoms with Crippen LogP contribution in [0.4, 0.5) is 10.1 Å². The maximum atomic E-state index is 12.4. The molecule has 3 heteroatoms. The van der Waals surface area contributed by atoms with Crippen LogP contribution in [-0.2, 0) is 0 Å². The number of hydrogen-bond acceptors (Lipinski definition) is 2. The molecule has 1 aromatic rings. The van der Waals surface area contributed by atoms with Crippen molar-refractivity contribution in [3.8, 4) is 0 Å². The molecule has 0 aliphatic carbocycles. The fourth-order valence-electron chi connectivity index (χ4n) is 0.706. The van der Waals surface area contributed by atoms with E-state index in [-0.39, 0.29) is 5.82 Å². The molecule has 0 atom stereocenters. The van der Waals surface area contributed by atoms with Gasteiger partial charge in [-0.15, -0.1) is 0 Å². The molecule has 62 valence electrons. The number of nitrogens with two attached hydrogens (primary N) is 1. The molecule has 0 saturated carbocycles. The first-order chi connectivity index (χ1) is 5.83. The number of halogens is 1. The molecule has 0 saturated heterocycles. The zero-order valence-electron chi connectivity index (χ0n) is 6.44. The summed E-state index contributed by atoms with van der Waals surface area (Å²) < 4.78 is 12.4. The lowest BCUT2D eigenvalue weighted by molar-refractivity contribution is 0.628. The van der Waals surface area contributed by atoms with Gasteiger partial charge in [0.2, 0.25) is 0 Å². The Bertz CT molecular complexity index is 288. The second kappa shape index (κ2) is 4.28. The Labute approximate surface area is 70.2 Å². The molecule has 0 spiro atoms. The smallest absolute Gasteiger partial charge is 0.123 e. The van der Waals surface area contributed by atoms with E-state index in [2.05, 4.69) is 4.99 Å². The van der Waals surface area contributed by atoms with Gasteiger partial charge in [0.15, 0.2) is 0 Å². The minimum atomic E-state index is -0.261. The average molecular weight is 164 g/mol. The van der Waals surface area contributed by atoms with Crippen molar-refractivity contribution in [3.05, 3.63) is 42.4 Å². The zero-order valence-corrected chi connectivity index (χ0v) is 6.44. The Balaban J connectivity index is 2.70. The van der Waals surface area contributed by atoms with Crippen molar-refractivity contribution < 1.29 is 4.39 Å². The number of benzene rings is 1. The SMILES string of the molecule is NC=CC=Nc1ccc(F)cc1. The molecule has 1 aromatic carbocycles. The molecule has 2 N–H and O–H groups in total. The molecule has 2 nitrogen and oxygen atoms in total. The van der Waals surface area contributed by atoms with Gasteiger partial charge in [0.05, 0.1) is 5.69 Å². The Morgan fingerprint density at radius 1 is 1.25 bits per heavy atom. The first-order valence-electron chi connectivity index (χ1n) is 3.49. The predicted molar refractivity (Wildman–Crippen MR) is 47.9 cm³/mol. The lowest BCUT2D eigenvalue weighted by Crippen LogP contribution is -1.76. The van der Waals surface area contributed by atoms with E-state index >= 15 is 0 Å². The Morgan fingerprint density at radius 3 is 2.50 bits per heavy atom. The zero-order chi connectivity index (χ0) is 8.81. The van der Waals surface area contributed by atoms with E-state index in [1.54, 1.807) is 24.4 Å².